The van der Waals surface area contributed by atoms with Gasteiger partial charge in [-0.3, -0.25) is 9.48 Å². The number of aldehydes is 1. The molecule has 0 spiro atoms. The summed E-state index contributed by atoms with van der Waals surface area (Å²) in [6, 6.07) is 3.58. The van der Waals surface area contributed by atoms with Crippen LogP contribution in [0, 0.1) is 6.92 Å². The van der Waals surface area contributed by atoms with Gasteiger partial charge in [0.2, 0.25) is 0 Å². The molecule has 0 aliphatic rings. The Kier molecular flexibility index (Phi) is 2.04. The van der Waals surface area contributed by atoms with Gasteiger partial charge < -0.3 is 0 Å². The number of hydrogen-bond donors (Lipinski definition) is 0. The van der Waals surface area contributed by atoms with Crippen LogP contribution in [-0.2, 0) is 7.05 Å². The van der Waals surface area contributed by atoms with Crippen molar-refractivity contribution in [1.82, 2.24) is 9.78 Å². The van der Waals surface area contributed by atoms with E-state index in [9.17, 15) is 4.79 Å². The molecule has 0 atom stereocenters. The molecule has 4 heteroatoms. The number of fused-ring (bicyclic) bond motifs is 1. The zero-order valence-electron chi connectivity index (χ0n) is 7.91. The largest absolute Gasteiger partial charge is 0.298 e. The van der Waals surface area contributed by atoms with E-state index in [-0.39, 0.29) is 0 Å². The van der Waals surface area contributed by atoms with Gasteiger partial charge in [-0.2, -0.15) is 5.10 Å². The van der Waals surface area contributed by atoms with Gasteiger partial charge >= 0.3 is 0 Å². The maximum absolute atomic E-state index is 10.7. The van der Waals surface area contributed by atoms with Gasteiger partial charge in [0.1, 0.15) is 0 Å². The van der Waals surface area contributed by atoms with E-state index in [4.69, 9.17) is 11.6 Å². The third-order valence-corrected chi connectivity index (χ3v) is 2.68. The Bertz CT molecular complexity index is 516. The van der Waals surface area contributed by atoms with Crippen molar-refractivity contribution in [3.05, 3.63) is 28.4 Å². The molecular formula is C10H9ClN2O. The molecule has 0 fully saturated rings. The maximum Gasteiger partial charge on any atom is 0.151 e. The summed E-state index contributed by atoms with van der Waals surface area (Å²) in [4.78, 5) is 10.7. The molecule has 2 rings (SSSR count). The molecule has 0 unspecified atom stereocenters. The van der Waals surface area contributed by atoms with Gasteiger partial charge in [-0.25, -0.2) is 0 Å². The molecule has 1 aromatic heterocycles. The van der Waals surface area contributed by atoms with E-state index in [2.05, 4.69) is 5.10 Å². The monoisotopic (exact) mass is 208 g/mol. The molecule has 1 aromatic carbocycles. The molecule has 0 saturated carbocycles. The number of rotatable bonds is 1. The van der Waals surface area contributed by atoms with E-state index >= 15 is 0 Å². The van der Waals surface area contributed by atoms with Crippen LogP contribution in [0.1, 0.15) is 16.1 Å². The van der Waals surface area contributed by atoms with Crippen LogP contribution in [0.2, 0.25) is 5.02 Å². The Hall–Kier alpha value is -1.35. The van der Waals surface area contributed by atoms with Crippen molar-refractivity contribution in [1.29, 1.82) is 0 Å². The number of nitrogens with zero attached hydrogens (tertiary/aromatic N) is 2. The van der Waals surface area contributed by atoms with Crippen LogP contribution < -0.4 is 0 Å². The van der Waals surface area contributed by atoms with E-state index in [1.165, 1.54) is 0 Å². The molecule has 1 heterocycles. The van der Waals surface area contributed by atoms with E-state index < -0.39 is 0 Å². The number of carbonyl (C=O) groups is 1. The van der Waals surface area contributed by atoms with Crippen LogP contribution in [-0.4, -0.2) is 16.1 Å². The van der Waals surface area contributed by atoms with Crippen molar-refractivity contribution in [3.8, 4) is 0 Å². The molecule has 0 N–H and O–H groups in total. The fraction of sp³-hybridized carbons (Fsp3) is 0.200. The first-order chi connectivity index (χ1) is 6.65. The zero-order valence-corrected chi connectivity index (χ0v) is 8.67. The average molecular weight is 209 g/mol. The lowest BCUT2D eigenvalue weighted by molar-refractivity contribution is 0.112. The highest BCUT2D eigenvalue weighted by molar-refractivity contribution is 6.37. The van der Waals surface area contributed by atoms with Crippen LogP contribution in [0.4, 0.5) is 0 Å². The summed E-state index contributed by atoms with van der Waals surface area (Å²) in [5.74, 6) is 0. The first kappa shape index (κ1) is 9.21. The van der Waals surface area contributed by atoms with Crippen molar-refractivity contribution in [3.63, 3.8) is 0 Å². The highest BCUT2D eigenvalue weighted by Gasteiger charge is 2.11. The second-order valence-corrected chi connectivity index (χ2v) is 3.57. The summed E-state index contributed by atoms with van der Waals surface area (Å²) in [6.45, 7) is 1.92. The van der Waals surface area contributed by atoms with Crippen molar-refractivity contribution in [2.75, 3.05) is 0 Å². The van der Waals surface area contributed by atoms with E-state index in [0.717, 1.165) is 22.9 Å². The standard InChI is InChI=1S/C10H9ClN2O/c1-6-8-4-3-7(5-14)9(11)10(8)13(2)12-6/h3-5H,1-2H3. The molecule has 0 saturated heterocycles. The Morgan fingerprint density at radius 3 is 2.86 bits per heavy atom. The SMILES string of the molecule is Cc1nn(C)c2c(Cl)c(C=O)ccc12. The van der Waals surface area contributed by atoms with Crippen molar-refractivity contribution < 1.29 is 4.79 Å². The van der Waals surface area contributed by atoms with Gasteiger partial charge in [-0.05, 0) is 13.0 Å². The molecule has 0 aliphatic heterocycles. The Morgan fingerprint density at radius 2 is 2.21 bits per heavy atom. The molecule has 3 nitrogen and oxygen atoms in total. The molecule has 0 radical (unpaired) electrons. The summed E-state index contributed by atoms with van der Waals surface area (Å²) in [5.41, 5.74) is 2.23. The lowest BCUT2D eigenvalue weighted by Gasteiger charge is -1.99. The normalized spacial score (nSPS) is 10.8. The predicted octanol–water partition coefficient (Wildman–Crippen LogP) is 2.35. The quantitative estimate of drug-likeness (QED) is 0.675. The molecule has 14 heavy (non-hydrogen) atoms. The third-order valence-electron chi connectivity index (χ3n) is 2.29. The average Bonchev–Trinajstić information content (AvgIpc) is 2.44. The minimum atomic E-state index is 0.473. The fourth-order valence-electron chi connectivity index (χ4n) is 1.61. The van der Waals surface area contributed by atoms with Crippen LogP contribution in [0.25, 0.3) is 10.9 Å². The number of aromatic nitrogens is 2. The van der Waals surface area contributed by atoms with Gasteiger partial charge in [-0.15, -0.1) is 0 Å². The van der Waals surface area contributed by atoms with E-state index in [0.29, 0.717) is 10.6 Å². The minimum Gasteiger partial charge on any atom is -0.298 e. The van der Waals surface area contributed by atoms with Crippen molar-refractivity contribution >= 4 is 28.8 Å². The number of carbonyl (C=O) groups excluding carboxylic acids is 1. The van der Waals surface area contributed by atoms with Crippen molar-refractivity contribution in [2.24, 2.45) is 7.05 Å². The zero-order chi connectivity index (χ0) is 10.3. The molecule has 0 aliphatic carbocycles. The van der Waals surface area contributed by atoms with E-state index in [1.807, 2.05) is 20.0 Å². The molecule has 2 aromatic rings. The number of halogens is 1. The summed E-state index contributed by atoms with van der Waals surface area (Å²) in [7, 11) is 1.82. The second kappa shape index (κ2) is 3.10. The number of aryl methyl sites for hydroxylation is 2. The first-order valence-electron chi connectivity index (χ1n) is 4.22. The Morgan fingerprint density at radius 1 is 1.50 bits per heavy atom. The van der Waals surface area contributed by atoms with E-state index in [1.54, 1.807) is 10.7 Å². The predicted molar refractivity (Wildman–Crippen MR) is 55.8 cm³/mol. The van der Waals surface area contributed by atoms with Crippen molar-refractivity contribution in [2.45, 2.75) is 6.92 Å². The lowest BCUT2D eigenvalue weighted by Crippen LogP contribution is -1.92. The topological polar surface area (TPSA) is 34.9 Å². The third kappa shape index (κ3) is 1.13. The van der Waals surface area contributed by atoms with Crippen LogP contribution in [0.15, 0.2) is 12.1 Å². The van der Waals surface area contributed by atoms with Gasteiger partial charge in [0.25, 0.3) is 0 Å². The van der Waals surface area contributed by atoms with Gasteiger partial charge in [-0.1, -0.05) is 17.7 Å². The molecule has 0 bridgehead atoms. The van der Waals surface area contributed by atoms with Gasteiger partial charge in [0, 0.05) is 18.0 Å². The maximum atomic E-state index is 10.7. The highest BCUT2D eigenvalue weighted by Crippen LogP contribution is 2.27. The van der Waals surface area contributed by atoms with Crippen LogP contribution >= 0.6 is 11.6 Å². The summed E-state index contributed by atoms with van der Waals surface area (Å²) in [5, 5.41) is 5.70. The highest BCUT2D eigenvalue weighted by atomic mass is 35.5. The summed E-state index contributed by atoms with van der Waals surface area (Å²) >= 11 is 6.07. The summed E-state index contributed by atoms with van der Waals surface area (Å²) in [6.07, 6.45) is 0.754. The van der Waals surface area contributed by atoms with Gasteiger partial charge in [0.05, 0.1) is 16.2 Å². The fourth-order valence-corrected chi connectivity index (χ4v) is 1.94. The van der Waals surface area contributed by atoms with Gasteiger partial charge in [0.15, 0.2) is 6.29 Å². The Balaban J connectivity index is 2.94. The second-order valence-electron chi connectivity index (χ2n) is 3.19. The lowest BCUT2D eigenvalue weighted by atomic mass is 10.1. The molecular weight excluding hydrogens is 200 g/mol. The smallest absolute Gasteiger partial charge is 0.151 e. The summed E-state index contributed by atoms with van der Waals surface area (Å²) < 4.78 is 1.69. The minimum absolute atomic E-state index is 0.473. The van der Waals surface area contributed by atoms with Crippen LogP contribution in [0.3, 0.4) is 0 Å². The molecule has 72 valence electrons. The Labute approximate surface area is 86.3 Å². The molecule has 0 amide bonds. The van der Waals surface area contributed by atoms with Crippen LogP contribution in [0.5, 0.6) is 0 Å². The number of benzene rings is 1. The number of hydrogen-bond acceptors (Lipinski definition) is 2. The first-order valence-corrected chi connectivity index (χ1v) is 4.60.